The first-order valence-corrected chi connectivity index (χ1v) is 3.94. The SMILES string of the molecule is O.O.O.O.O.O.[NH4+].[NH4+].[O]=[Mo](=[O])([O-])[O-]. The molecule has 0 fully saturated rings. The van der Waals surface area contributed by atoms with Gasteiger partial charge >= 0.3 is 31.1 Å². The Kier molecular flexibility index (Phi) is 377. The Morgan fingerprint density at radius 3 is 0.615 bits per heavy atom. The van der Waals surface area contributed by atoms with E-state index in [-0.39, 0.29) is 45.2 Å². The molecule has 20 N–H and O–H groups in total. The van der Waals surface area contributed by atoms with E-state index < -0.39 is 16.7 Å². The van der Waals surface area contributed by atoms with E-state index in [4.69, 9.17) is 14.3 Å². The number of quaternary nitrogens is 2. The summed E-state index contributed by atoms with van der Waals surface area (Å²) in [6.07, 6.45) is 0. The molecule has 0 spiro atoms. The molecule has 0 atom stereocenters. The molecule has 0 bridgehead atoms. The van der Waals surface area contributed by atoms with Crippen LogP contribution in [0.2, 0.25) is 0 Å². The van der Waals surface area contributed by atoms with E-state index in [1.165, 1.54) is 0 Å². The summed E-state index contributed by atoms with van der Waals surface area (Å²) in [5.74, 6) is 0. The van der Waals surface area contributed by atoms with Crippen LogP contribution in [0.1, 0.15) is 0 Å². The molecular formula is H20MoN2O10. The summed E-state index contributed by atoms with van der Waals surface area (Å²) in [4.78, 5) is 0. The van der Waals surface area contributed by atoms with Gasteiger partial charge in [0, 0.05) is 0 Å². The van der Waals surface area contributed by atoms with Crippen LogP contribution in [0, 0.1) is 0 Å². The van der Waals surface area contributed by atoms with Gasteiger partial charge in [-0.15, -0.1) is 0 Å². The third-order valence-electron chi connectivity index (χ3n) is 0. The van der Waals surface area contributed by atoms with Gasteiger partial charge < -0.3 is 45.2 Å². The average molecular weight is 304 g/mol. The molecule has 0 aliphatic carbocycles. The maximum absolute atomic E-state index is 8.63. The van der Waals surface area contributed by atoms with E-state index >= 15 is 0 Å². The zero-order chi connectivity index (χ0) is 4.50. The molecule has 0 saturated heterocycles. The van der Waals surface area contributed by atoms with Crippen molar-refractivity contribution >= 4 is 0 Å². The molecule has 12 nitrogen and oxygen atoms in total. The summed E-state index contributed by atoms with van der Waals surface area (Å²) in [6.45, 7) is 0. The fourth-order valence-electron chi connectivity index (χ4n) is 0. The Morgan fingerprint density at radius 1 is 0.615 bits per heavy atom. The molecule has 0 heterocycles. The Morgan fingerprint density at radius 2 is 0.615 bits per heavy atom. The molecule has 0 aliphatic heterocycles. The maximum atomic E-state index is 8.63. The summed E-state index contributed by atoms with van der Waals surface area (Å²) >= 11 is -6.02. The van der Waals surface area contributed by atoms with E-state index in [1.54, 1.807) is 0 Å². The van der Waals surface area contributed by atoms with Crippen LogP contribution in [0.4, 0.5) is 0 Å². The summed E-state index contributed by atoms with van der Waals surface area (Å²) < 4.78 is 34.5. The first kappa shape index (κ1) is 120. The van der Waals surface area contributed by atoms with Crippen LogP contribution in [0.5, 0.6) is 0 Å². The van der Waals surface area contributed by atoms with Gasteiger partial charge in [-0.25, -0.2) is 0 Å². The zero-order valence-electron chi connectivity index (χ0n) is 7.04. The molecular weight excluding hydrogens is 284 g/mol. The Labute approximate surface area is 76.9 Å². The van der Waals surface area contributed by atoms with E-state index in [1.807, 2.05) is 0 Å². The van der Waals surface area contributed by atoms with Crippen LogP contribution < -0.4 is 19.8 Å². The van der Waals surface area contributed by atoms with Gasteiger partial charge in [-0.1, -0.05) is 0 Å². The molecule has 13 heavy (non-hydrogen) atoms. The van der Waals surface area contributed by atoms with E-state index in [2.05, 4.69) is 0 Å². The van der Waals surface area contributed by atoms with Crippen LogP contribution >= 0.6 is 0 Å². The third kappa shape index (κ3) is 93200. The average Bonchev–Trinajstić information content (AvgIpc) is 0.722. The van der Waals surface area contributed by atoms with Gasteiger partial charge in [0.15, 0.2) is 0 Å². The molecule has 0 unspecified atom stereocenters. The molecule has 0 aromatic carbocycles. The fourth-order valence-corrected chi connectivity index (χ4v) is 0. The van der Waals surface area contributed by atoms with Gasteiger partial charge in [0.1, 0.15) is 0 Å². The molecule has 96 valence electrons. The minimum absolute atomic E-state index is 0. The normalized spacial score (nSPS) is 4.46. The topological polar surface area (TPSA) is 342 Å². The van der Waals surface area contributed by atoms with Gasteiger partial charge in [0.2, 0.25) is 0 Å². The summed E-state index contributed by atoms with van der Waals surface area (Å²) in [5, 5.41) is 0. The van der Waals surface area contributed by atoms with Gasteiger partial charge in [-0.05, 0) is 0 Å². The van der Waals surface area contributed by atoms with E-state index in [0.29, 0.717) is 0 Å². The molecule has 0 aromatic rings. The predicted molar refractivity (Wildman–Crippen MR) is 35.0 cm³/mol. The van der Waals surface area contributed by atoms with Crippen molar-refractivity contribution in [1.82, 2.24) is 12.3 Å². The standard InChI is InChI=1S/Mo.2H3N.6H2O.4O/h;2*1H3;6*1H2;;;;/q;;;;;;;;;;;2*-1/p+2. The van der Waals surface area contributed by atoms with Crippen LogP contribution in [-0.4, -0.2) is 32.9 Å². The number of rotatable bonds is 0. The second kappa shape index (κ2) is 40.6. The van der Waals surface area contributed by atoms with Gasteiger partial charge in [0.05, 0.1) is 0 Å². The van der Waals surface area contributed by atoms with E-state index in [9.17, 15) is 0 Å². The summed E-state index contributed by atoms with van der Waals surface area (Å²) in [5.41, 5.74) is 0. The number of hydrogen-bond acceptors (Lipinski definition) is 4. The molecule has 13 heteroatoms. The number of hydrogen-bond donors (Lipinski definition) is 2. The predicted octanol–water partition coefficient (Wildman–Crippen LogP) is -6.81. The monoisotopic (exact) mass is 306 g/mol. The van der Waals surface area contributed by atoms with Crippen molar-refractivity contribution in [3.63, 3.8) is 0 Å². The first-order chi connectivity index (χ1) is 2.00. The van der Waals surface area contributed by atoms with Crippen LogP contribution in [0.15, 0.2) is 0 Å². The van der Waals surface area contributed by atoms with Crippen molar-refractivity contribution in [1.29, 1.82) is 0 Å². The molecule has 0 amide bonds. The Bertz CT molecular complexity index is 96.1. The second-order valence-corrected chi connectivity index (χ2v) is 2.42. The summed E-state index contributed by atoms with van der Waals surface area (Å²) in [7, 11) is 0. The fraction of sp³-hybridized carbons (Fsp3) is 0. The van der Waals surface area contributed by atoms with Crippen molar-refractivity contribution in [2.24, 2.45) is 0 Å². The molecule has 0 aromatic heterocycles. The van der Waals surface area contributed by atoms with Crippen LogP contribution in [0.25, 0.3) is 0 Å². The van der Waals surface area contributed by atoms with Crippen molar-refractivity contribution in [3.8, 4) is 0 Å². The Hall–Kier alpha value is -0.112. The third-order valence-corrected chi connectivity index (χ3v) is 0. The van der Waals surface area contributed by atoms with Crippen molar-refractivity contribution in [2.75, 3.05) is 0 Å². The van der Waals surface area contributed by atoms with Crippen molar-refractivity contribution < 1.29 is 63.9 Å². The molecule has 0 aliphatic rings. The molecule has 0 rings (SSSR count). The zero-order valence-corrected chi connectivity index (χ0v) is 9.05. The van der Waals surface area contributed by atoms with Gasteiger partial charge in [0.25, 0.3) is 0 Å². The van der Waals surface area contributed by atoms with Gasteiger partial charge in [-0.2, -0.15) is 0 Å². The van der Waals surface area contributed by atoms with Crippen molar-refractivity contribution in [3.05, 3.63) is 0 Å². The summed E-state index contributed by atoms with van der Waals surface area (Å²) in [6, 6.07) is 0. The van der Waals surface area contributed by atoms with Crippen molar-refractivity contribution in [2.45, 2.75) is 0 Å². The van der Waals surface area contributed by atoms with Gasteiger partial charge in [-0.3, -0.25) is 0 Å². The quantitative estimate of drug-likeness (QED) is 0.411. The minimum atomic E-state index is -6.02. The van der Waals surface area contributed by atoms with E-state index in [0.717, 1.165) is 0 Å². The first-order valence-electron chi connectivity index (χ1n) is 0.667. The molecule has 0 saturated carbocycles. The van der Waals surface area contributed by atoms with Crippen LogP contribution in [-0.2, 0) is 23.5 Å². The Balaban J connectivity index is -0.00000000286. The second-order valence-electron chi connectivity index (χ2n) is 0.408. The van der Waals surface area contributed by atoms with Crippen LogP contribution in [0.3, 0.4) is 0 Å². The molecule has 0 radical (unpaired) electrons.